The van der Waals surface area contributed by atoms with E-state index in [1.165, 1.54) is 12.1 Å². The van der Waals surface area contributed by atoms with Gasteiger partial charge in [0.1, 0.15) is 18.2 Å². The van der Waals surface area contributed by atoms with Crippen molar-refractivity contribution in [2.24, 2.45) is 0 Å². The molecular weight excluding hydrogens is 596 g/mol. The molecule has 6 nitrogen and oxygen atoms in total. The largest absolute Gasteiger partial charge is 0.488 e. The zero-order chi connectivity index (χ0) is 25.4. The van der Waals surface area contributed by atoms with Gasteiger partial charge in [-0.05, 0) is 59.8 Å². The van der Waals surface area contributed by atoms with E-state index < -0.39 is 17.0 Å². The molecular formula is C25H15BrCl2FNO5S. The van der Waals surface area contributed by atoms with Crippen molar-refractivity contribution < 1.29 is 28.2 Å². The molecule has 1 fully saturated rings. The maximum absolute atomic E-state index is 14.2. The lowest BCUT2D eigenvalue weighted by molar-refractivity contribution is -0.123. The number of thioether (sulfide) groups is 1. The van der Waals surface area contributed by atoms with E-state index in [9.17, 15) is 14.0 Å². The predicted octanol–water partition coefficient (Wildman–Crippen LogP) is 7.44. The highest BCUT2D eigenvalue weighted by Crippen LogP contribution is 2.40. The van der Waals surface area contributed by atoms with Gasteiger partial charge in [-0.3, -0.25) is 14.5 Å². The average Bonchev–Trinajstić information content (AvgIpc) is 3.39. The van der Waals surface area contributed by atoms with Crippen LogP contribution < -0.4 is 14.2 Å². The molecule has 184 valence electrons. The van der Waals surface area contributed by atoms with E-state index in [2.05, 4.69) is 15.9 Å². The molecule has 36 heavy (non-hydrogen) atoms. The second-order valence-electron chi connectivity index (χ2n) is 7.74. The van der Waals surface area contributed by atoms with Crippen LogP contribution in [0.2, 0.25) is 10.0 Å². The normalized spacial score (nSPS) is 15.8. The van der Waals surface area contributed by atoms with Crippen molar-refractivity contribution in [1.82, 2.24) is 4.90 Å². The molecule has 2 amide bonds. The van der Waals surface area contributed by atoms with Crippen molar-refractivity contribution in [3.8, 4) is 17.2 Å². The molecule has 11 heteroatoms. The van der Waals surface area contributed by atoms with Gasteiger partial charge in [0.2, 0.25) is 6.79 Å². The average molecular weight is 611 g/mol. The van der Waals surface area contributed by atoms with Crippen LogP contribution in [-0.4, -0.2) is 22.8 Å². The predicted molar refractivity (Wildman–Crippen MR) is 139 cm³/mol. The summed E-state index contributed by atoms with van der Waals surface area (Å²) in [6, 6.07) is 12.8. The minimum atomic E-state index is -0.482. The first-order chi connectivity index (χ1) is 17.3. The quantitative estimate of drug-likeness (QED) is 0.270. The number of benzene rings is 3. The van der Waals surface area contributed by atoms with E-state index >= 15 is 0 Å². The summed E-state index contributed by atoms with van der Waals surface area (Å²) >= 11 is 16.7. The van der Waals surface area contributed by atoms with Crippen LogP contribution in [0.15, 0.2) is 57.9 Å². The van der Waals surface area contributed by atoms with Crippen molar-refractivity contribution in [2.45, 2.75) is 13.2 Å². The van der Waals surface area contributed by atoms with Gasteiger partial charge < -0.3 is 14.2 Å². The summed E-state index contributed by atoms with van der Waals surface area (Å²) < 4.78 is 31.4. The van der Waals surface area contributed by atoms with Crippen LogP contribution in [0.4, 0.5) is 9.18 Å². The molecule has 0 saturated carbocycles. The van der Waals surface area contributed by atoms with Crippen LogP contribution in [0.25, 0.3) is 6.08 Å². The van der Waals surface area contributed by atoms with Gasteiger partial charge in [-0.15, -0.1) is 0 Å². The molecule has 0 aliphatic carbocycles. The summed E-state index contributed by atoms with van der Waals surface area (Å²) in [5, 5.41) is 0.171. The Hall–Kier alpha value is -2.72. The number of ether oxygens (including phenoxy) is 3. The first kappa shape index (κ1) is 25.0. The zero-order valence-electron chi connectivity index (χ0n) is 18.2. The van der Waals surface area contributed by atoms with Gasteiger partial charge in [0.05, 0.1) is 16.5 Å². The molecule has 0 unspecified atom stereocenters. The number of imide groups is 1. The molecule has 0 atom stereocenters. The van der Waals surface area contributed by atoms with E-state index in [4.69, 9.17) is 37.4 Å². The molecule has 3 aromatic carbocycles. The van der Waals surface area contributed by atoms with Crippen molar-refractivity contribution in [3.63, 3.8) is 0 Å². The van der Waals surface area contributed by atoms with E-state index in [1.807, 2.05) is 0 Å². The Labute approximate surface area is 228 Å². The van der Waals surface area contributed by atoms with E-state index in [0.717, 1.165) is 21.1 Å². The first-order valence-electron chi connectivity index (χ1n) is 10.5. The van der Waals surface area contributed by atoms with Gasteiger partial charge in [-0.2, -0.15) is 0 Å². The van der Waals surface area contributed by atoms with Crippen LogP contribution in [0.1, 0.15) is 16.7 Å². The molecule has 3 aromatic rings. The fourth-order valence-electron chi connectivity index (χ4n) is 3.61. The molecule has 2 aliphatic heterocycles. The van der Waals surface area contributed by atoms with Gasteiger partial charge in [-0.1, -0.05) is 45.2 Å². The third-order valence-corrected chi connectivity index (χ3v) is 7.54. The van der Waals surface area contributed by atoms with Crippen molar-refractivity contribution in [2.75, 3.05) is 6.79 Å². The molecule has 2 aliphatic rings. The van der Waals surface area contributed by atoms with Crippen LogP contribution in [0.5, 0.6) is 17.2 Å². The minimum Gasteiger partial charge on any atom is -0.488 e. The SMILES string of the molecule is O=C1S/C(=C\c2cc(Br)ccc2OCc2c(F)cccc2Cl)C(=O)N1Cc1cc2c(cc1Cl)OCO2. The smallest absolute Gasteiger partial charge is 0.293 e. The Morgan fingerprint density at radius 1 is 1.08 bits per heavy atom. The molecule has 0 spiro atoms. The summed E-state index contributed by atoms with van der Waals surface area (Å²) in [5.74, 6) is 0.453. The van der Waals surface area contributed by atoms with Gasteiger partial charge in [0.15, 0.2) is 11.5 Å². The second-order valence-corrected chi connectivity index (χ2v) is 10.5. The third-order valence-electron chi connectivity index (χ3n) is 5.44. The minimum absolute atomic E-state index is 0.0227. The van der Waals surface area contributed by atoms with Gasteiger partial charge in [-0.25, -0.2) is 4.39 Å². The van der Waals surface area contributed by atoms with Crippen molar-refractivity contribution in [1.29, 1.82) is 0 Å². The van der Waals surface area contributed by atoms with Crippen molar-refractivity contribution >= 4 is 68.1 Å². The summed E-state index contributed by atoms with van der Waals surface area (Å²) in [4.78, 5) is 27.2. The highest BCUT2D eigenvalue weighted by atomic mass is 79.9. The topological polar surface area (TPSA) is 65.1 Å². The number of halogens is 4. The fraction of sp³-hybridized carbons (Fsp3) is 0.120. The van der Waals surface area contributed by atoms with Crippen LogP contribution in [-0.2, 0) is 17.9 Å². The number of fused-ring (bicyclic) bond motifs is 1. The monoisotopic (exact) mass is 609 g/mol. The lowest BCUT2D eigenvalue weighted by Gasteiger charge is -2.14. The second kappa shape index (κ2) is 10.3. The maximum Gasteiger partial charge on any atom is 0.293 e. The zero-order valence-corrected chi connectivity index (χ0v) is 22.1. The van der Waals surface area contributed by atoms with E-state index in [1.54, 1.807) is 42.5 Å². The molecule has 0 radical (unpaired) electrons. The molecule has 0 aromatic heterocycles. The molecule has 1 saturated heterocycles. The first-order valence-corrected chi connectivity index (χ1v) is 12.9. The number of carbonyl (C=O) groups excluding carboxylic acids is 2. The Bertz CT molecular complexity index is 1410. The van der Waals surface area contributed by atoms with Crippen LogP contribution in [0, 0.1) is 5.82 Å². The Morgan fingerprint density at radius 3 is 2.64 bits per heavy atom. The van der Waals surface area contributed by atoms with Crippen LogP contribution >= 0.6 is 50.9 Å². The lowest BCUT2D eigenvalue weighted by Crippen LogP contribution is -2.27. The number of hydrogen-bond acceptors (Lipinski definition) is 6. The summed E-state index contributed by atoms with van der Waals surface area (Å²) in [6.45, 7) is -0.0528. The summed E-state index contributed by atoms with van der Waals surface area (Å²) in [7, 11) is 0. The number of amides is 2. The highest BCUT2D eigenvalue weighted by Gasteiger charge is 2.36. The number of hydrogen-bond donors (Lipinski definition) is 0. The Kier molecular flexibility index (Phi) is 7.16. The molecule has 0 N–H and O–H groups in total. The van der Waals surface area contributed by atoms with E-state index in [0.29, 0.717) is 33.4 Å². The summed E-state index contributed by atoms with van der Waals surface area (Å²) in [6.07, 6.45) is 1.56. The number of carbonyl (C=O) groups is 2. The highest BCUT2D eigenvalue weighted by molar-refractivity contribution is 9.10. The maximum atomic E-state index is 14.2. The summed E-state index contributed by atoms with van der Waals surface area (Å²) in [5.41, 5.74) is 1.30. The molecule has 2 heterocycles. The Morgan fingerprint density at radius 2 is 1.86 bits per heavy atom. The lowest BCUT2D eigenvalue weighted by atomic mass is 10.1. The third kappa shape index (κ3) is 5.06. The molecule has 0 bridgehead atoms. The van der Waals surface area contributed by atoms with E-state index in [-0.39, 0.29) is 35.4 Å². The molecule has 5 rings (SSSR count). The Balaban J connectivity index is 1.38. The standard InChI is InChI=1S/C25H15BrCl2FNO5S/c26-15-4-5-20(33-11-16-17(27)2-1-3-19(16)29)13(6-15)8-23-24(31)30(25(32)36-23)10-14-7-21-22(9-18(14)28)35-12-34-21/h1-9H,10-12H2/b23-8-. The van der Waals surface area contributed by atoms with Gasteiger partial charge in [0.25, 0.3) is 11.1 Å². The van der Waals surface area contributed by atoms with Gasteiger partial charge >= 0.3 is 0 Å². The number of rotatable bonds is 6. The van der Waals surface area contributed by atoms with Crippen molar-refractivity contribution in [3.05, 3.63) is 90.5 Å². The van der Waals surface area contributed by atoms with Crippen LogP contribution in [0.3, 0.4) is 0 Å². The fourth-order valence-corrected chi connectivity index (χ4v) is 5.25. The van der Waals surface area contributed by atoms with Gasteiger partial charge in [0, 0.05) is 26.7 Å². The number of nitrogens with zero attached hydrogens (tertiary/aromatic N) is 1.